The first-order valence-corrected chi connectivity index (χ1v) is 5.21. The summed E-state index contributed by atoms with van der Waals surface area (Å²) in [4.78, 5) is 10.4. The predicted octanol–water partition coefficient (Wildman–Crippen LogP) is 1.98. The van der Waals surface area contributed by atoms with E-state index in [-0.39, 0.29) is 6.54 Å². The van der Waals surface area contributed by atoms with Crippen LogP contribution in [0.5, 0.6) is 0 Å². The van der Waals surface area contributed by atoms with Crippen molar-refractivity contribution >= 4 is 38.1 Å². The van der Waals surface area contributed by atoms with Gasteiger partial charge in [-0.3, -0.25) is 4.79 Å². The lowest BCUT2D eigenvalue weighted by atomic mass is 10.2. The Bertz CT molecular complexity index is 507. The summed E-state index contributed by atoms with van der Waals surface area (Å²) in [6, 6.07) is 7.55. The molecule has 0 aliphatic carbocycles. The summed E-state index contributed by atoms with van der Waals surface area (Å²) in [6.07, 6.45) is 0. The van der Waals surface area contributed by atoms with Crippen molar-refractivity contribution in [2.24, 2.45) is 0 Å². The zero-order valence-corrected chi connectivity index (χ0v) is 8.67. The quantitative estimate of drug-likeness (QED) is 0.694. The van der Waals surface area contributed by atoms with Crippen LogP contribution in [0.25, 0.3) is 10.1 Å². The minimum absolute atomic E-state index is 0.0672. The van der Waals surface area contributed by atoms with Crippen molar-refractivity contribution in [3.63, 3.8) is 0 Å². The van der Waals surface area contributed by atoms with Crippen molar-refractivity contribution in [2.75, 3.05) is 17.6 Å². The van der Waals surface area contributed by atoms with Gasteiger partial charge in [-0.05, 0) is 23.6 Å². The molecule has 0 bridgehead atoms. The topological polar surface area (TPSA) is 75.3 Å². The van der Waals surface area contributed by atoms with Crippen LogP contribution in [0.3, 0.4) is 0 Å². The van der Waals surface area contributed by atoms with Gasteiger partial charge in [-0.2, -0.15) is 0 Å². The molecule has 4 nitrogen and oxygen atoms in total. The maximum absolute atomic E-state index is 10.4. The number of carboxylic acids is 1. The molecule has 0 saturated carbocycles. The molecule has 2 rings (SSSR count). The minimum Gasteiger partial charge on any atom is -0.480 e. The zero-order chi connectivity index (χ0) is 10.8. The molecule has 0 atom stereocenters. The fourth-order valence-electron chi connectivity index (χ4n) is 1.30. The second-order valence-electron chi connectivity index (χ2n) is 3.16. The predicted molar refractivity (Wildman–Crippen MR) is 62.4 cm³/mol. The van der Waals surface area contributed by atoms with E-state index in [1.165, 1.54) is 11.3 Å². The lowest BCUT2D eigenvalue weighted by Gasteiger charge is -1.96. The standard InChI is InChI=1S/C10H10N2O2S/c11-7-2-1-6-3-9(12-5-10(13)14)15-8(6)4-7/h1-4,12H,5,11H2,(H,13,14). The second-order valence-corrected chi connectivity index (χ2v) is 4.24. The Kier molecular flexibility index (Phi) is 2.47. The highest BCUT2D eigenvalue weighted by Crippen LogP contribution is 2.30. The molecule has 0 aliphatic rings. The average Bonchev–Trinajstić information content (AvgIpc) is 2.56. The van der Waals surface area contributed by atoms with Crippen LogP contribution < -0.4 is 11.1 Å². The smallest absolute Gasteiger partial charge is 0.322 e. The van der Waals surface area contributed by atoms with Gasteiger partial charge in [0.2, 0.25) is 0 Å². The van der Waals surface area contributed by atoms with E-state index in [0.29, 0.717) is 5.69 Å². The summed E-state index contributed by atoms with van der Waals surface area (Å²) >= 11 is 1.50. The van der Waals surface area contributed by atoms with Crippen LogP contribution in [0.1, 0.15) is 0 Å². The molecule has 5 heteroatoms. The number of fused-ring (bicyclic) bond motifs is 1. The molecule has 1 aromatic carbocycles. The van der Waals surface area contributed by atoms with E-state index < -0.39 is 5.97 Å². The number of rotatable bonds is 3. The van der Waals surface area contributed by atoms with Gasteiger partial charge in [0.25, 0.3) is 0 Å². The van der Waals surface area contributed by atoms with Crippen molar-refractivity contribution < 1.29 is 9.90 Å². The van der Waals surface area contributed by atoms with Gasteiger partial charge in [0.1, 0.15) is 6.54 Å². The summed E-state index contributed by atoms with van der Waals surface area (Å²) in [5.41, 5.74) is 6.36. The number of nitrogens with one attached hydrogen (secondary N) is 1. The number of aliphatic carboxylic acids is 1. The third-order valence-corrected chi connectivity index (χ3v) is 3.01. The Morgan fingerprint density at radius 3 is 3.00 bits per heavy atom. The molecule has 0 aliphatic heterocycles. The minimum atomic E-state index is -0.869. The van der Waals surface area contributed by atoms with Gasteiger partial charge in [-0.25, -0.2) is 0 Å². The number of thiophene rings is 1. The van der Waals surface area contributed by atoms with Crippen LogP contribution in [0.15, 0.2) is 24.3 Å². The first kappa shape index (κ1) is 9.79. The Balaban J connectivity index is 2.27. The largest absolute Gasteiger partial charge is 0.480 e. The molecule has 15 heavy (non-hydrogen) atoms. The van der Waals surface area contributed by atoms with Crippen LogP contribution in [0.2, 0.25) is 0 Å². The number of anilines is 2. The first-order valence-electron chi connectivity index (χ1n) is 4.40. The van der Waals surface area contributed by atoms with Gasteiger partial charge < -0.3 is 16.2 Å². The van der Waals surface area contributed by atoms with Crippen LogP contribution in [0, 0.1) is 0 Å². The Hall–Kier alpha value is -1.75. The monoisotopic (exact) mass is 222 g/mol. The summed E-state index contributed by atoms with van der Waals surface area (Å²) in [6.45, 7) is -0.0672. The Labute approximate surface area is 90.3 Å². The van der Waals surface area contributed by atoms with E-state index in [0.717, 1.165) is 15.1 Å². The van der Waals surface area contributed by atoms with Gasteiger partial charge in [0.15, 0.2) is 0 Å². The van der Waals surface area contributed by atoms with Crippen LogP contribution >= 0.6 is 11.3 Å². The number of hydrogen-bond donors (Lipinski definition) is 3. The average molecular weight is 222 g/mol. The molecular weight excluding hydrogens is 212 g/mol. The molecule has 0 amide bonds. The van der Waals surface area contributed by atoms with E-state index in [2.05, 4.69) is 5.32 Å². The zero-order valence-electron chi connectivity index (χ0n) is 7.86. The number of hydrogen-bond acceptors (Lipinski definition) is 4. The van der Waals surface area contributed by atoms with Crippen molar-refractivity contribution in [2.45, 2.75) is 0 Å². The van der Waals surface area contributed by atoms with Crippen molar-refractivity contribution in [3.05, 3.63) is 24.3 Å². The van der Waals surface area contributed by atoms with Gasteiger partial charge in [0, 0.05) is 10.4 Å². The highest BCUT2D eigenvalue weighted by atomic mass is 32.1. The van der Waals surface area contributed by atoms with Crippen LogP contribution in [0.4, 0.5) is 10.7 Å². The number of nitrogens with two attached hydrogens (primary N) is 1. The lowest BCUT2D eigenvalue weighted by molar-refractivity contribution is -0.134. The molecule has 0 unspecified atom stereocenters. The fourth-order valence-corrected chi connectivity index (χ4v) is 2.30. The number of carbonyl (C=O) groups is 1. The molecule has 0 saturated heterocycles. The summed E-state index contributed by atoms with van der Waals surface area (Å²) < 4.78 is 1.06. The Morgan fingerprint density at radius 2 is 2.27 bits per heavy atom. The van der Waals surface area contributed by atoms with Crippen LogP contribution in [-0.2, 0) is 4.79 Å². The van der Waals surface area contributed by atoms with E-state index in [1.54, 1.807) is 0 Å². The summed E-state index contributed by atoms with van der Waals surface area (Å²) in [5, 5.41) is 13.3. The normalized spacial score (nSPS) is 10.4. The van der Waals surface area contributed by atoms with Crippen molar-refractivity contribution in [1.29, 1.82) is 0 Å². The molecule has 0 fully saturated rings. The van der Waals surface area contributed by atoms with E-state index in [4.69, 9.17) is 10.8 Å². The molecule has 1 aromatic heterocycles. The van der Waals surface area contributed by atoms with Crippen molar-refractivity contribution in [1.82, 2.24) is 0 Å². The fraction of sp³-hybridized carbons (Fsp3) is 0.100. The number of carboxylic acid groups (broad SMARTS) is 1. The van der Waals surface area contributed by atoms with Gasteiger partial charge in [-0.15, -0.1) is 11.3 Å². The SMILES string of the molecule is Nc1ccc2cc(NCC(=O)O)sc2c1. The molecule has 0 radical (unpaired) electrons. The number of nitrogen functional groups attached to an aromatic ring is 1. The first-order chi connectivity index (χ1) is 7.15. The molecule has 4 N–H and O–H groups in total. The van der Waals surface area contributed by atoms with E-state index >= 15 is 0 Å². The summed E-state index contributed by atoms with van der Waals surface area (Å²) in [5.74, 6) is -0.869. The van der Waals surface area contributed by atoms with E-state index in [9.17, 15) is 4.79 Å². The van der Waals surface area contributed by atoms with E-state index in [1.807, 2.05) is 24.3 Å². The van der Waals surface area contributed by atoms with Gasteiger partial charge >= 0.3 is 5.97 Å². The second kappa shape index (κ2) is 3.78. The summed E-state index contributed by atoms with van der Waals surface area (Å²) in [7, 11) is 0. The van der Waals surface area contributed by atoms with Crippen molar-refractivity contribution in [3.8, 4) is 0 Å². The third kappa shape index (κ3) is 2.19. The van der Waals surface area contributed by atoms with Gasteiger partial charge in [0.05, 0.1) is 5.00 Å². The lowest BCUT2D eigenvalue weighted by Crippen LogP contribution is -2.11. The molecule has 2 aromatic rings. The van der Waals surface area contributed by atoms with Gasteiger partial charge in [-0.1, -0.05) is 6.07 Å². The third-order valence-electron chi connectivity index (χ3n) is 1.96. The maximum Gasteiger partial charge on any atom is 0.322 e. The molecule has 78 valence electrons. The molecular formula is C10H10N2O2S. The Morgan fingerprint density at radius 1 is 1.47 bits per heavy atom. The van der Waals surface area contributed by atoms with Crippen LogP contribution in [-0.4, -0.2) is 17.6 Å². The highest BCUT2D eigenvalue weighted by molar-refractivity contribution is 7.22. The molecule has 1 heterocycles. The molecule has 0 spiro atoms. The highest BCUT2D eigenvalue weighted by Gasteiger charge is 2.03. The maximum atomic E-state index is 10.4. The number of benzene rings is 1.